The number of aryl methyl sites for hydroxylation is 1. The van der Waals surface area contributed by atoms with E-state index in [9.17, 15) is 17.6 Å². The van der Waals surface area contributed by atoms with Crippen molar-refractivity contribution in [3.8, 4) is 5.75 Å². The molecule has 1 saturated heterocycles. The van der Waals surface area contributed by atoms with Gasteiger partial charge in [-0.2, -0.15) is 4.31 Å². The summed E-state index contributed by atoms with van der Waals surface area (Å²) >= 11 is 0. The molecular formula is C21H25FN2O4S. The summed E-state index contributed by atoms with van der Waals surface area (Å²) < 4.78 is 45.9. The van der Waals surface area contributed by atoms with Crippen molar-refractivity contribution in [1.82, 2.24) is 9.21 Å². The maximum atomic E-state index is 13.9. The third-order valence-corrected chi connectivity index (χ3v) is 6.94. The molecule has 0 aliphatic carbocycles. The van der Waals surface area contributed by atoms with Crippen LogP contribution in [0.3, 0.4) is 0 Å². The van der Waals surface area contributed by atoms with Crippen molar-refractivity contribution >= 4 is 15.9 Å². The quantitative estimate of drug-likeness (QED) is 0.721. The molecule has 6 nitrogen and oxygen atoms in total. The van der Waals surface area contributed by atoms with Crippen molar-refractivity contribution in [2.75, 3.05) is 33.3 Å². The van der Waals surface area contributed by atoms with E-state index in [0.717, 1.165) is 24.5 Å². The first-order chi connectivity index (χ1) is 13.9. The number of rotatable bonds is 6. The Morgan fingerprint density at radius 1 is 1.07 bits per heavy atom. The van der Waals surface area contributed by atoms with E-state index < -0.39 is 15.8 Å². The van der Waals surface area contributed by atoms with Gasteiger partial charge in [0.2, 0.25) is 10.0 Å². The van der Waals surface area contributed by atoms with Crippen molar-refractivity contribution in [3.63, 3.8) is 0 Å². The molecule has 1 aliphatic heterocycles. The number of sulfonamides is 1. The second-order valence-electron chi connectivity index (χ2n) is 6.94. The molecule has 8 heteroatoms. The Morgan fingerprint density at radius 3 is 2.28 bits per heavy atom. The van der Waals surface area contributed by atoms with Gasteiger partial charge in [-0.1, -0.05) is 25.5 Å². The maximum Gasteiger partial charge on any atom is 0.254 e. The topological polar surface area (TPSA) is 66.9 Å². The van der Waals surface area contributed by atoms with Crippen LogP contribution < -0.4 is 4.74 Å². The number of amides is 1. The van der Waals surface area contributed by atoms with Crippen LogP contribution >= 0.6 is 0 Å². The average molecular weight is 421 g/mol. The van der Waals surface area contributed by atoms with Gasteiger partial charge in [-0.05, 0) is 42.3 Å². The zero-order chi connectivity index (χ0) is 21.0. The van der Waals surface area contributed by atoms with Crippen LogP contribution in [0.1, 0.15) is 29.3 Å². The lowest BCUT2D eigenvalue weighted by Gasteiger charge is -2.34. The van der Waals surface area contributed by atoms with Crippen LogP contribution in [0.25, 0.3) is 0 Å². The fourth-order valence-electron chi connectivity index (χ4n) is 3.38. The van der Waals surface area contributed by atoms with Gasteiger partial charge in [0, 0.05) is 31.7 Å². The lowest BCUT2D eigenvalue weighted by Crippen LogP contribution is -2.50. The minimum atomic E-state index is -3.60. The van der Waals surface area contributed by atoms with E-state index in [0.29, 0.717) is 0 Å². The molecule has 0 bridgehead atoms. The van der Waals surface area contributed by atoms with Gasteiger partial charge in [0.25, 0.3) is 5.91 Å². The smallest absolute Gasteiger partial charge is 0.254 e. The van der Waals surface area contributed by atoms with Crippen LogP contribution in [-0.2, 0) is 16.4 Å². The molecule has 1 heterocycles. The minimum absolute atomic E-state index is 0.0717. The van der Waals surface area contributed by atoms with Crippen molar-refractivity contribution in [2.24, 2.45) is 0 Å². The number of halogens is 1. The first kappa shape index (κ1) is 21.3. The molecule has 0 saturated carbocycles. The molecular weight excluding hydrogens is 395 g/mol. The highest BCUT2D eigenvalue weighted by atomic mass is 32.2. The number of piperazine rings is 1. The second-order valence-corrected chi connectivity index (χ2v) is 8.88. The number of hydrogen-bond acceptors (Lipinski definition) is 4. The molecule has 1 fully saturated rings. The minimum Gasteiger partial charge on any atom is -0.494 e. The highest BCUT2D eigenvalue weighted by molar-refractivity contribution is 7.89. The number of hydrogen-bond donors (Lipinski definition) is 0. The highest BCUT2D eigenvalue weighted by Crippen LogP contribution is 2.21. The maximum absolute atomic E-state index is 13.9. The van der Waals surface area contributed by atoms with E-state index in [2.05, 4.69) is 6.92 Å². The predicted molar refractivity (Wildman–Crippen MR) is 108 cm³/mol. The number of nitrogens with zero attached hydrogens (tertiary/aromatic N) is 2. The number of benzene rings is 2. The Bertz CT molecular complexity index is 969. The number of ether oxygens (including phenoxy) is 1. The number of carbonyl (C=O) groups excluding carboxylic acids is 1. The third kappa shape index (κ3) is 4.59. The molecule has 1 aliphatic rings. The van der Waals surface area contributed by atoms with Crippen LogP contribution in [0.4, 0.5) is 4.39 Å². The molecule has 3 rings (SSSR count). The lowest BCUT2D eigenvalue weighted by molar-refractivity contribution is 0.0697. The van der Waals surface area contributed by atoms with Crippen LogP contribution in [0.2, 0.25) is 0 Å². The van der Waals surface area contributed by atoms with Gasteiger partial charge in [-0.3, -0.25) is 4.79 Å². The largest absolute Gasteiger partial charge is 0.494 e. The molecule has 0 N–H and O–H groups in total. The molecule has 2 aromatic rings. The van der Waals surface area contributed by atoms with Gasteiger partial charge >= 0.3 is 0 Å². The van der Waals surface area contributed by atoms with Crippen molar-refractivity contribution < 1.29 is 22.3 Å². The van der Waals surface area contributed by atoms with Gasteiger partial charge in [0.05, 0.1) is 12.0 Å². The highest BCUT2D eigenvalue weighted by Gasteiger charge is 2.30. The Balaban J connectivity index is 1.66. The normalized spacial score (nSPS) is 15.3. The second kappa shape index (κ2) is 8.92. The molecule has 0 spiro atoms. The molecule has 1 amide bonds. The summed E-state index contributed by atoms with van der Waals surface area (Å²) in [4.78, 5) is 14.4. The monoisotopic (exact) mass is 420 g/mol. The fraction of sp³-hybridized carbons (Fsp3) is 0.381. The number of methoxy groups -OCH3 is 1. The van der Waals surface area contributed by atoms with Crippen molar-refractivity contribution in [1.29, 1.82) is 0 Å². The van der Waals surface area contributed by atoms with Crippen molar-refractivity contribution in [2.45, 2.75) is 24.7 Å². The van der Waals surface area contributed by atoms with Gasteiger partial charge in [0.15, 0.2) is 11.6 Å². The lowest BCUT2D eigenvalue weighted by atomic mass is 10.1. The van der Waals surface area contributed by atoms with Crippen LogP contribution in [0.5, 0.6) is 5.75 Å². The fourth-order valence-corrected chi connectivity index (χ4v) is 4.80. The Kier molecular flexibility index (Phi) is 6.54. The Hall–Kier alpha value is -2.45. The molecule has 29 heavy (non-hydrogen) atoms. The summed E-state index contributed by atoms with van der Waals surface area (Å²) in [5, 5.41) is 0. The molecule has 0 radical (unpaired) electrons. The van der Waals surface area contributed by atoms with Gasteiger partial charge in [-0.25, -0.2) is 12.8 Å². The van der Waals surface area contributed by atoms with Crippen LogP contribution in [-0.4, -0.2) is 56.8 Å². The van der Waals surface area contributed by atoms with E-state index in [1.54, 1.807) is 12.1 Å². The van der Waals surface area contributed by atoms with Gasteiger partial charge in [-0.15, -0.1) is 0 Å². The predicted octanol–water partition coefficient (Wildman–Crippen LogP) is 2.93. The average Bonchev–Trinajstić information content (AvgIpc) is 2.74. The standard InChI is InChI=1S/C21H25FN2O4S/c1-3-4-16-5-8-18(9-6-16)29(26,27)24-13-11-23(12-14-24)21(25)17-7-10-20(28-2)19(22)15-17/h5-10,15H,3-4,11-14H2,1-2H3. The van der Waals surface area contributed by atoms with Crippen LogP contribution in [0.15, 0.2) is 47.4 Å². The summed E-state index contributed by atoms with van der Waals surface area (Å²) in [6.07, 6.45) is 1.91. The molecule has 0 aromatic heterocycles. The summed E-state index contributed by atoms with van der Waals surface area (Å²) in [6, 6.07) is 11.0. The third-order valence-electron chi connectivity index (χ3n) is 5.02. The van der Waals surface area contributed by atoms with E-state index in [4.69, 9.17) is 4.74 Å². The summed E-state index contributed by atoms with van der Waals surface area (Å²) in [5.74, 6) is -0.860. The molecule has 0 unspecified atom stereocenters. The van der Waals surface area contributed by atoms with Crippen LogP contribution in [0, 0.1) is 5.82 Å². The summed E-state index contributed by atoms with van der Waals surface area (Å²) in [6.45, 7) is 2.97. The van der Waals surface area contributed by atoms with E-state index in [1.807, 2.05) is 12.1 Å². The Labute approximate surface area is 170 Å². The van der Waals surface area contributed by atoms with Gasteiger partial charge < -0.3 is 9.64 Å². The SMILES string of the molecule is CCCc1ccc(S(=O)(=O)N2CCN(C(=O)c3ccc(OC)c(F)c3)CC2)cc1. The zero-order valence-corrected chi connectivity index (χ0v) is 17.4. The van der Waals surface area contributed by atoms with E-state index >= 15 is 0 Å². The van der Waals surface area contributed by atoms with E-state index in [-0.39, 0.29) is 48.3 Å². The Morgan fingerprint density at radius 2 is 1.72 bits per heavy atom. The molecule has 2 aromatic carbocycles. The zero-order valence-electron chi connectivity index (χ0n) is 16.6. The first-order valence-electron chi connectivity index (χ1n) is 9.58. The van der Waals surface area contributed by atoms with E-state index in [1.165, 1.54) is 28.4 Å². The summed E-state index contributed by atoms with van der Waals surface area (Å²) in [7, 11) is -2.25. The molecule has 0 atom stereocenters. The van der Waals surface area contributed by atoms with Crippen molar-refractivity contribution in [3.05, 3.63) is 59.4 Å². The number of carbonyl (C=O) groups is 1. The molecule has 156 valence electrons. The summed E-state index contributed by atoms with van der Waals surface area (Å²) in [5.41, 5.74) is 1.32. The van der Waals surface area contributed by atoms with Gasteiger partial charge in [0.1, 0.15) is 0 Å². The first-order valence-corrected chi connectivity index (χ1v) is 11.0.